The van der Waals surface area contributed by atoms with E-state index in [-0.39, 0.29) is 12.3 Å². The number of rotatable bonds is 6. The molecule has 170 valence electrons. The van der Waals surface area contributed by atoms with Crippen LogP contribution in [0.25, 0.3) is 22.1 Å². The molecule has 0 aliphatic heterocycles. The molecule has 0 saturated heterocycles. The van der Waals surface area contributed by atoms with E-state index in [0.29, 0.717) is 22.6 Å². The number of hydrogen-bond acceptors (Lipinski definition) is 2. The van der Waals surface area contributed by atoms with Crippen molar-refractivity contribution in [3.8, 4) is 11.1 Å². The number of para-hydroxylation sites is 1. The normalized spacial score (nSPS) is 11.5. The molecular formula is C29H30ClNO2. The molecule has 0 saturated carbocycles. The fourth-order valence-corrected chi connectivity index (χ4v) is 4.59. The second kappa shape index (κ2) is 9.44. The van der Waals surface area contributed by atoms with Crippen LogP contribution in [0.3, 0.4) is 0 Å². The molecule has 1 N–H and O–H groups in total. The highest BCUT2D eigenvalue weighted by Crippen LogP contribution is 2.38. The lowest BCUT2D eigenvalue weighted by molar-refractivity contribution is -0.115. The third kappa shape index (κ3) is 4.69. The summed E-state index contributed by atoms with van der Waals surface area (Å²) in [6.45, 7) is 10.7. The molecule has 0 spiro atoms. The zero-order valence-corrected chi connectivity index (χ0v) is 20.6. The summed E-state index contributed by atoms with van der Waals surface area (Å²) in [5, 5.41) is 4.78. The second-order valence-corrected chi connectivity index (χ2v) is 9.64. The standard InChI is InChI=1S/C29H30ClNO2/c1-17(2)21-11-8-12-22(18(3)4)29(21)31-27(32)16-26-28(23-10-7-6-9-19(23)5)24-15-20(30)13-14-25(24)33-26/h6-15,17-18H,16H2,1-5H3,(H,31,32). The Balaban J connectivity index is 1.76. The van der Waals surface area contributed by atoms with Crippen LogP contribution >= 0.6 is 11.6 Å². The van der Waals surface area contributed by atoms with Crippen molar-refractivity contribution >= 4 is 34.2 Å². The summed E-state index contributed by atoms with van der Waals surface area (Å²) in [5.41, 5.74) is 7.04. The van der Waals surface area contributed by atoms with E-state index < -0.39 is 0 Å². The fourth-order valence-electron chi connectivity index (χ4n) is 4.42. The Labute approximate surface area is 200 Å². The Hall–Kier alpha value is -3.04. The van der Waals surface area contributed by atoms with Crippen LogP contribution in [0.15, 0.2) is 65.1 Å². The van der Waals surface area contributed by atoms with Crippen LogP contribution in [-0.4, -0.2) is 5.91 Å². The zero-order valence-electron chi connectivity index (χ0n) is 19.8. The molecule has 0 fully saturated rings. The molecule has 0 aliphatic carbocycles. The molecular weight excluding hydrogens is 430 g/mol. The maximum absolute atomic E-state index is 13.3. The van der Waals surface area contributed by atoms with Gasteiger partial charge in [0.2, 0.25) is 5.91 Å². The second-order valence-electron chi connectivity index (χ2n) is 9.20. The van der Waals surface area contributed by atoms with Crippen LogP contribution in [0.5, 0.6) is 0 Å². The summed E-state index contributed by atoms with van der Waals surface area (Å²) in [5.74, 6) is 1.15. The highest BCUT2D eigenvalue weighted by Gasteiger charge is 2.22. The maximum atomic E-state index is 13.3. The first kappa shape index (κ1) is 23.1. The molecule has 4 rings (SSSR count). The quantitative estimate of drug-likeness (QED) is 0.314. The van der Waals surface area contributed by atoms with Crippen LogP contribution in [0.1, 0.15) is 62.0 Å². The molecule has 3 nitrogen and oxygen atoms in total. The van der Waals surface area contributed by atoms with Gasteiger partial charge in [0.25, 0.3) is 0 Å². The van der Waals surface area contributed by atoms with Crippen LogP contribution < -0.4 is 5.32 Å². The Morgan fingerprint density at radius 1 is 0.939 bits per heavy atom. The van der Waals surface area contributed by atoms with Crippen molar-refractivity contribution in [1.82, 2.24) is 0 Å². The lowest BCUT2D eigenvalue weighted by atomic mass is 9.92. The number of nitrogens with one attached hydrogen (secondary N) is 1. The SMILES string of the molecule is Cc1ccccc1-c1c(CC(=O)Nc2c(C(C)C)cccc2C(C)C)oc2ccc(Cl)cc12. The van der Waals surface area contributed by atoms with Crippen molar-refractivity contribution in [2.45, 2.75) is 52.9 Å². The largest absolute Gasteiger partial charge is 0.460 e. The topological polar surface area (TPSA) is 42.2 Å². The average molecular weight is 460 g/mol. The van der Waals surface area contributed by atoms with Crippen LogP contribution in [0.4, 0.5) is 5.69 Å². The minimum Gasteiger partial charge on any atom is -0.460 e. The molecule has 4 heteroatoms. The number of hydrogen-bond donors (Lipinski definition) is 1. The molecule has 1 amide bonds. The van der Waals surface area contributed by atoms with Crippen LogP contribution in [0.2, 0.25) is 5.02 Å². The van der Waals surface area contributed by atoms with E-state index in [1.54, 1.807) is 0 Å². The number of carbonyl (C=O) groups excluding carboxylic acids is 1. The first-order valence-corrected chi connectivity index (χ1v) is 11.8. The maximum Gasteiger partial charge on any atom is 0.232 e. The van der Waals surface area contributed by atoms with Gasteiger partial charge in [-0.1, -0.05) is 81.8 Å². The van der Waals surface area contributed by atoms with E-state index in [1.165, 1.54) is 0 Å². The van der Waals surface area contributed by atoms with E-state index in [2.05, 4.69) is 70.3 Å². The van der Waals surface area contributed by atoms with E-state index in [1.807, 2.05) is 30.3 Å². The number of amides is 1. The van der Waals surface area contributed by atoms with Gasteiger partial charge in [-0.2, -0.15) is 0 Å². The van der Waals surface area contributed by atoms with Crippen LogP contribution in [-0.2, 0) is 11.2 Å². The van der Waals surface area contributed by atoms with Gasteiger partial charge in [-0.05, 0) is 59.2 Å². The molecule has 3 aromatic carbocycles. The number of carbonyl (C=O) groups is 1. The van der Waals surface area contributed by atoms with E-state index in [4.69, 9.17) is 16.0 Å². The van der Waals surface area contributed by atoms with Crippen molar-refractivity contribution in [1.29, 1.82) is 0 Å². The van der Waals surface area contributed by atoms with Crippen molar-refractivity contribution < 1.29 is 9.21 Å². The molecule has 0 atom stereocenters. The molecule has 0 bridgehead atoms. The Morgan fingerprint density at radius 2 is 1.61 bits per heavy atom. The number of aryl methyl sites for hydroxylation is 1. The minimum absolute atomic E-state index is 0.0926. The number of halogens is 1. The number of furan rings is 1. The first-order valence-electron chi connectivity index (χ1n) is 11.5. The first-order chi connectivity index (χ1) is 15.8. The van der Waals surface area contributed by atoms with E-state index in [9.17, 15) is 4.79 Å². The van der Waals surface area contributed by atoms with E-state index in [0.717, 1.165) is 44.5 Å². The summed E-state index contributed by atoms with van der Waals surface area (Å²) in [6, 6.07) is 20.0. The predicted molar refractivity (Wildman–Crippen MR) is 138 cm³/mol. The van der Waals surface area contributed by atoms with Gasteiger partial charge in [-0.3, -0.25) is 4.79 Å². The van der Waals surface area contributed by atoms with Crippen LogP contribution in [0, 0.1) is 6.92 Å². The van der Waals surface area contributed by atoms with Crippen molar-refractivity contribution in [2.24, 2.45) is 0 Å². The molecule has 1 aromatic heterocycles. The summed E-state index contributed by atoms with van der Waals surface area (Å²) in [7, 11) is 0. The zero-order chi connectivity index (χ0) is 23.7. The summed E-state index contributed by atoms with van der Waals surface area (Å²) < 4.78 is 6.21. The molecule has 0 unspecified atom stereocenters. The lowest BCUT2D eigenvalue weighted by Crippen LogP contribution is -2.18. The van der Waals surface area contributed by atoms with Crippen molar-refractivity contribution in [3.05, 3.63) is 88.1 Å². The fraction of sp³-hybridized carbons (Fsp3) is 0.276. The average Bonchev–Trinajstić information content (AvgIpc) is 3.10. The third-order valence-electron chi connectivity index (χ3n) is 6.10. The number of fused-ring (bicyclic) bond motifs is 1. The van der Waals surface area contributed by atoms with Gasteiger partial charge in [-0.15, -0.1) is 0 Å². The smallest absolute Gasteiger partial charge is 0.232 e. The number of benzene rings is 3. The van der Waals surface area contributed by atoms with Gasteiger partial charge in [0.1, 0.15) is 11.3 Å². The molecule has 0 radical (unpaired) electrons. The number of anilines is 1. The van der Waals surface area contributed by atoms with Gasteiger partial charge in [0.05, 0.1) is 6.42 Å². The Bertz CT molecular complexity index is 1290. The third-order valence-corrected chi connectivity index (χ3v) is 6.33. The van der Waals surface area contributed by atoms with E-state index >= 15 is 0 Å². The summed E-state index contributed by atoms with van der Waals surface area (Å²) in [6.07, 6.45) is 0.139. The molecule has 0 aliphatic rings. The van der Waals surface area contributed by atoms with Crippen molar-refractivity contribution in [2.75, 3.05) is 5.32 Å². The Kier molecular flexibility index (Phi) is 6.62. The summed E-state index contributed by atoms with van der Waals surface area (Å²) in [4.78, 5) is 13.3. The highest BCUT2D eigenvalue weighted by molar-refractivity contribution is 6.31. The monoisotopic (exact) mass is 459 g/mol. The van der Waals surface area contributed by atoms with Gasteiger partial charge in [-0.25, -0.2) is 0 Å². The predicted octanol–water partition coefficient (Wildman–Crippen LogP) is 8.49. The minimum atomic E-state index is -0.0926. The lowest BCUT2D eigenvalue weighted by Gasteiger charge is -2.20. The summed E-state index contributed by atoms with van der Waals surface area (Å²) >= 11 is 6.31. The molecule has 33 heavy (non-hydrogen) atoms. The Morgan fingerprint density at radius 3 is 2.24 bits per heavy atom. The molecule has 4 aromatic rings. The van der Waals surface area contributed by atoms with Gasteiger partial charge in [0.15, 0.2) is 0 Å². The van der Waals surface area contributed by atoms with Gasteiger partial charge >= 0.3 is 0 Å². The van der Waals surface area contributed by atoms with Gasteiger partial charge in [0, 0.05) is 21.7 Å². The van der Waals surface area contributed by atoms with Crippen molar-refractivity contribution in [3.63, 3.8) is 0 Å². The molecule has 1 heterocycles. The highest BCUT2D eigenvalue weighted by atomic mass is 35.5. The van der Waals surface area contributed by atoms with Gasteiger partial charge < -0.3 is 9.73 Å².